The lowest BCUT2D eigenvalue weighted by molar-refractivity contribution is 0.766. The van der Waals surface area contributed by atoms with Crippen LogP contribution in [0.2, 0.25) is 0 Å². The van der Waals surface area contributed by atoms with Crippen LogP contribution < -0.4 is 0 Å². The molecule has 5 aromatic rings. The smallest absolute Gasteiger partial charge is 0.121 e. The molecule has 0 saturated carbocycles. The van der Waals surface area contributed by atoms with E-state index in [0.717, 1.165) is 43.2 Å². The third kappa shape index (κ3) is 2.48. The SMILES string of the molecule is Brc1cc2nn(-c3ccc(-c4ccccn4)cc3)nc2c2ccccc12. The third-order valence-corrected chi connectivity index (χ3v) is 5.06. The van der Waals surface area contributed by atoms with Gasteiger partial charge in [-0.3, -0.25) is 4.98 Å². The molecule has 26 heavy (non-hydrogen) atoms. The molecule has 0 spiro atoms. The van der Waals surface area contributed by atoms with E-state index in [1.54, 1.807) is 11.0 Å². The van der Waals surface area contributed by atoms with Crippen LogP contribution in [-0.4, -0.2) is 20.0 Å². The molecule has 2 heterocycles. The van der Waals surface area contributed by atoms with E-state index >= 15 is 0 Å². The summed E-state index contributed by atoms with van der Waals surface area (Å²) in [6, 6.07) is 24.2. The first-order valence-electron chi connectivity index (χ1n) is 8.26. The lowest BCUT2D eigenvalue weighted by Gasteiger charge is -2.02. The molecular formula is C21H13BrN4. The molecule has 0 atom stereocenters. The molecular weight excluding hydrogens is 388 g/mol. The highest BCUT2D eigenvalue weighted by Gasteiger charge is 2.11. The van der Waals surface area contributed by atoms with Crippen molar-refractivity contribution in [2.75, 3.05) is 0 Å². The van der Waals surface area contributed by atoms with Gasteiger partial charge in [0, 0.05) is 21.6 Å². The zero-order valence-electron chi connectivity index (χ0n) is 13.7. The highest BCUT2D eigenvalue weighted by atomic mass is 79.9. The molecule has 2 aromatic heterocycles. The summed E-state index contributed by atoms with van der Waals surface area (Å²) >= 11 is 3.63. The van der Waals surface area contributed by atoms with Crippen LogP contribution >= 0.6 is 15.9 Å². The summed E-state index contributed by atoms with van der Waals surface area (Å²) < 4.78 is 1.03. The van der Waals surface area contributed by atoms with E-state index < -0.39 is 0 Å². The zero-order valence-corrected chi connectivity index (χ0v) is 15.3. The Hall–Kier alpha value is -3.05. The molecule has 4 nitrogen and oxygen atoms in total. The van der Waals surface area contributed by atoms with Gasteiger partial charge in [-0.15, -0.1) is 10.2 Å². The number of hydrogen-bond acceptors (Lipinski definition) is 3. The van der Waals surface area contributed by atoms with Gasteiger partial charge in [0.1, 0.15) is 11.0 Å². The summed E-state index contributed by atoms with van der Waals surface area (Å²) in [5, 5.41) is 11.6. The molecule has 0 aliphatic heterocycles. The largest absolute Gasteiger partial charge is 0.256 e. The summed E-state index contributed by atoms with van der Waals surface area (Å²) in [5.41, 5.74) is 4.70. The Balaban J connectivity index is 1.62. The molecule has 3 aromatic carbocycles. The fraction of sp³-hybridized carbons (Fsp3) is 0. The molecule has 0 aliphatic carbocycles. The van der Waals surface area contributed by atoms with Gasteiger partial charge >= 0.3 is 0 Å². The Morgan fingerprint density at radius 2 is 1.54 bits per heavy atom. The second-order valence-electron chi connectivity index (χ2n) is 6.02. The van der Waals surface area contributed by atoms with E-state index in [4.69, 9.17) is 5.10 Å². The van der Waals surface area contributed by atoms with E-state index in [1.165, 1.54) is 0 Å². The van der Waals surface area contributed by atoms with Gasteiger partial charge in [-0.2, -0.15) is 4.80 Å². The van der Waals surface area contributed by atoms with E-state index in [9.17, 15) is 0 Å². The van der Waals surface area contributed by atoms with Gasteiger partial charge < -0.3 is 0 Å². The van der Waals surface area contributed by atoms with E-state index in [-0.39, 0.29) is 0 Å². The van der Waals surface area contributed by atoms with Gasteiger partial charge in [-0.25, -0.2) is 0 Å². The summed E-state index contributed by atoms with van der Waals surface area (Å²) in [5.74, 6) is 0. The van der Waals surface area contributed by atoms with Crippen LogP contribution in [0.5, 0.6) is 0 Å². The number of aromatic nitrogens is 4. The van der Waals surface area contributed by atoms with Gasteiger partial charge in [0.2, 0.25) is 0 Å². The van der Waals surface area contributed by atoms with Crippen LogP contribution in [0.15, 0.2) is 83.5 Å². The molecule has 0 N–H and O–H groups in total. The normalized spacial score (nSPS) is 11.3. The first-order chi connectivity index (χ1) is 12.8. The minimum absolute atomic E-state index is 0.865. The van der Waals surface area contributed by atoms with Crippen molar-refractivity contribution in [2.24, 2.45) is 0 Å². The van der Waals surface area contributed by atoms with Crippen LogP contribution in [0.25, 0.3) is 38.8 Å². The molecule has 0 unspecified atom stereocenters. The molecule has 5 heteroatoms. The van der Waals surface area contributed by atoms with Crippen molar-refractivity contribution in [3.8, 4) is 16.9 Å². The van der Waals surface area contributed by atoms with Crippen molar-refractivity contribution in [1.29, 1.82) is 0 Å². The number of hydrogen-bond donors (Lipinski definition) is 0. The maximum absolute atomic E-state index is 4.72. The number of benzene rings is 3. The number of rotatable bonds is 2. The Bertz CT molecular complexity index is 1230. The fourth-order valence-electron chi connectivity index (χ4n) is 3.12. The van der Waals surface area contributed by atoms with Crippen molar-refractivity contribution in [3.05, 3.63) is 83.5 Å². The molecule has 5 rings (SSSR count). The van der Waals surface area contributed by atoms with Crippen molar-refractivity contribution in [1.82, 2.24) is 20.0 Å². The number of fused-ring (bicyclic) bond motifs is 3. The molecule has 0 bridgehead atoms. The maximum atomic E-state index is 4.72. The van der Waals surface area contributed by atoms with Gasteiger partial charge in [-0.1, -0.05) is 58.4 Å². The monoisotopic (exact) mass is 400 g/mol. The van der Waals surface area contributed by atoms with E-state index in [0.29, 0.717) is 0 Å². The highest BCUT2D eigenvalue weighted by molar-refractivity contribution is 9.10. The summed E-state index contributed by atoms with van der Waals surface area (Å²) in [4.78, 5) is 6.07. The van der Waals surface area contributed by atoms with Crippen molar-refractivity contribution < 1.29 is 0 Å². The summed E-state index contributed by atoms with van der Waals surface area (Å²) in [6.45, 7) is 0. The first-order valence-corrected chi connectivity index (χ1v) is 9.05. The Morgan fingerprint density at radius 1 is 0.769 bits per heavy atom. The van der Waals surface area contributed by atoms with Crippen LogP contribution in [-0.2, 0) is 0 Å². The molecule has 0 saturated heterocycles. The Morgan fingerprint density at radius 3 is 2.31 bits per heavy atom. The predicted molar refractivity (Wildman–Crippen MR) is 107 cm³/mol. The van der Waals surface area contributed by atoms with E-state index in [2.05, 4.69) is 38.1 Å². The lowest BCUT2D eigenvalue weighted by atomic mass is 10.1. The standard InChI is InChI=1S/C21H13BrN4/c22-18-13-20-21(17-6-2-1-5-16(17)18)25-26(24-20)15-10-8-14(9-11-15)19-7-3-4-12-23-19/h1-13H. The van der Waals surface area contributed by atoms with Crippen LogP contribution in [0.4, 0.5) is 0 Å². The van der Waals surface area contributed by atoms with Crippen molar-refractivity contribution >= 4 is 37.7 Å². The number of pyridine rings is 1. The first kappa shape index (κ1) is 15.2. The van der Waals surface area contributed by atoms with Crippen LogP contribution in [0.3, 0.4) is 0 Å². The van der Waals surface area contributed by atoms with E-state index in [1.807, 2.05) is 60.7 Å². The fourth-order valence-corrected chi connectivity index (χ4v) is 3.68. The summed E-state index contributed by atoms with van der Waals surface area (Å²) in [6.07, 6.45) is 1.80. The van der Waals surface area contributed by atoms with Gasteiger partial charge in [0.15, 0.2) is 0 Å². The van der Waals surface area contributed by atoms with Gasteiger partial charge in [0.25, 0.3) is 0 Å². The predicted octanol–water partition coefficient (Wildman–Crippen LogP) is 5.40. The maximum Gasteiger partial charge on any atom is 0.121 e. The van der Waals surface area contributed by atoms with Gasteiger partial charge in [0.05, 0.1) is 11.4 Å². The Kier molecular flexibility index (Phi) is 3.53. The van der Waals surface area contributed by atoms with Crippen molar-refractivity contribution in [3.63, 3.8) is 0 Å². The Labute approximate surface area is 158 Å². The highest BCUT2D eigenvalue weighted by Crippen LogP contribution is 2.30. The quantitative estimate of drug-likeness (QED) is 0.398. The second-order valence-corrected chi connectivity index (χ2v) is 6.88. The average Bonchev–Trinajstić information content (AvgIpc) is 3.13. The minimum Gasteiger partial charge on any atom is -0.256 e. The molecule has 0 fully saturated rings. The minimum atomic E-state index is 0.865. The topological polar surface area (TPSA) is 43.6 Å². The molecule has 124 valence electrons. The van der Waals surface area contributed by atoms with Gasteiger partial charge in [-0.05, 0) is 35.7 Å². The molecule has 0 radical (unpaired) electrons. The lowest BCUT2D eigenvalue weighted by Crippen LogP contribution is -1.98. The molecule has 0 amide bonds. The second kappa shape index (κ2) is 6.04. The number of halogens is 1. The third-order valence-electron chi connectivity index (χ3n) is 4.40. The summed E-state index contributed by atoms with van der Waals surface area (Å²) in [7, 11) is 0. The average molecular weight is 401 g/mol. The van der Waals surface area contributed by atoms with Crippen LogP contribution in [0, 0.1) is 0 Å². The molecule has 0 aliphatic rings. The van der Waals surface area contributed by atoms with Crippen molar-refractivity contribution in [2.45, 2.75) is 0 Å². The van der Waals surface area contributed by atoms with Crippen LogP contribution in [0.1, 0.15) is 0 Å². The zero-order chi connectivity index (χ0) is 17.5. The number of nitrogens with zero attached hydrogens (tertiary/aromatic N) is 4.